The van der Waals surface area contributed by atoms with Crippen LogP contribution in [-0.2, 0) is 33.4 Å². The molecule has 0 unspecified atom stereocenters. The molecule has 1 aromatic rings. The summed E-state index contributed by atoms with van der Waals surface area (Å²) in [6.07, 6.45) is 1.79. The lowest BCUT2D eigenvalue weighted by Gasteiger charge is -2.63. The summed E-state index contributed by atoms with van der Waals surface area (Å²) in [5, 5.41) is 12.0. The van der Waals surface area contributed by atoms with Crippen LogP contribution < -0.4 is 0 Å². The van der Waals surface area contributed by atoms with E-state index in [1.165, 1.54) is 19.1 Å². The maximum absolute atomic E-state index is 14.2. The van der Waals surface area contributed by atoms with Crippen molar-refractivity contribution in [2.24, 2.45) is 34.0 Å². The van der Waals surface area contributed by atoms with Gasteiger partial charge in [0.25, 0.3) is 0 Å². The molecule has 0 bridgehead atoms. The molecule has 2 saturated carbocycles. The van der Waals surface area contributed by atoms with Crippen LogP contribution in [0.4, 0.5) is 0 Å². The molecule has 214 valence electrons. The molecule has 1 N–H and O–H groups in total. The Bertz CT molecular complexity index is 1310. The quantitative estimate of drug-likeness (QED) is 0.249. The number of fused-ring (bicyclic) bond motifs is 3. The van der Waals surface area contributed by atoms with Crippen molar-refractivity contribution in [3.05, 3.63) is 60.4 Å². The Morgan fingerprint density at radius 1 is 1.00 bits per heavy atom. The zero-order chi connectivity index (χ0) is 29.8. The second-order valence-corrected chi connectivity index (χ2v) is 12.2. The molecule has 9 nitrogen and oxygen atoms in total. The average Bonchev–Trinajstić information content (AvgIpc) is 2.86. The maximum atomic E-state index is 14.2. The van der Waals surface area contributed by atoms with Crippen LogP contribution in [0.2, 0.25) is 0 Å². The summed E-state index contributed by atoms with van der Waals surface area (Å²) in [4.78, 5) is 65.3. The molecule has 0 saturated heterocycles. The Morgan fingerprint density at radius 3 is 2.17 bits per heavy atom. The van der Waals surface area contributed by atoms with E-state index in [2.05, 4.69) is 6.58 Å². The van der Waals surface area contributed by atoms with Gasteiger partial charge in [-0.1, -0.05) is 45.0 Å². The van der Waals surface area contributed by atoms with Crippen molar-refractivity contribution in [2.75, 3.05) is 0 Å². The molecule has 0 heterocycles. The minimum Gasteiger partial charge on any atom is -0.458 e. The summed E-state index contributed by atoms with van der Waals surface area (Å²) in [6.45, 7) is 12.9. The lowest BCUT2D eigenvalue weighted by molar-refractivity contribution is -0.291. The molecule has 0 amide bonds. The number of carbonyl (C=O) groups excluding carboxylic acids is 5. The normalized spacial score (nSPS) is 36.3. The van der Waals surface area contributed by atoms with Crippen LogP contribution in [0.15, 0.2) is 54.8 Å². The van der Waals surface area contributed by atoms with E-state index < -0.39 is 75.4 Å². The topological polar surface area (TPSA) is 133 Å². The Labute approximate surface area is 233 Å². The summed E-state index contributed by atoms with van der Waals surface area (Å²) >= 11 is 0. The third-order valence-corrected chi connectivity index (χ3v) is 9.10. The van der Waals surface area contributed by atoms with E-state index in [1.54, 1.807) is 58.0 Å². The van der Waals surface area contributed by atoms with Crippen LogP contribution in [0, 0.1) is 34.0 Å². The Balaban J connectivity index is 1.97. The predicted octanol–water partition coefficient (Wildman–Crippen LogP) is 3.94. The molecule has 7 atom stereocenters. The fourth-order valence-corrected chi connectivity index (χ4v) is 7.21. The van der Waals surface area contributed by atoms with Gasteiger partial charge in [-0.2, -0.15) is 0 Å². The summed E-state index contributed by atoms with van der Waals surface area (Å²) in [6, 6.07) is 8.34. The van der Waals surface area contributed by atoms with E-state index in [0.29, 0.717) is 5.56 Å². The first kappa shape index (κ1) is 29.4. The molecule has 3 aliphatic carbocycles. The Morgan fingerprint density at radius 2 is 1.62 bits per heavy atom. The lowest BCUT2D eigenvalue weighted by atomic mass is 9.42. The molecular weight excluding hydrogens is 516 g/mol. The summed E-state index contributed by atoms with van der Waals surface area (Å²) in [5.74, 6) is -8.51. The highest BCUT2D eigenvalue weighted by atomic mass is 16.7. The first-order valence-corrected chi connectivity index (χ1v) is 13.3. The van der Waals surface area contributed by atoms with Crippen LogP contribution in [-0.4, -0.2) is 46.5 Å². The van der Waals surface area contributed by atoms with E-state index in [1.807, 2.05) is 0 Å². The number of allylic oxidation sites excluding steroid dienone is 3. The van der Waals surface area contributed by atoms with Crippen molar-refractivity contribution in [3.63, 3.8) is 0 Å². The van der Waals surface area contributed by atoms with Gasteiger partial charge >= 0.3 is 17.9 Å². The van der Waals surface area contributed by atoms with Gasteiger partial charge in [0.1, 0.15) is 6.10 Å². The van der Waals surface area contributed by atoms with Crippen molar-refractivity contribution in [1.29, 1.82) is 0 Å². The number of aliphatic hydroxyl groups is 1. The highest BCUT2D eigenvalue weighted by Crippen LogP contribution is 2.66. The van der Waals surface area contributed by atoms with Crippen molar-refractivity contribution < 1.29 is 43.3 Å². The predicted molar refractivity (Wildman–Crippen MR) is 142 cm³/mol. The summed E-state index contributed by atoms with van der Waals surface area (Å²) in [5.41, 5.74) is -3.27. The number of esters is 3. The third-order valence-electron chi connectivity index (χ3n) is 9.10. The standard InChI is InChI=1S/C31H36O9/c1-8-29(6)14-20(39-27(36)19-12-10-9-11-13-19)23-24(26(29)35)31(37,40-18(3)33)16-22-28(4,5)25(34)21(38-17(2)32)15-30(22,23)7/h8-13,15,20,22-24,37H,1,14,16H2,2-7H3/t20-,22+,23+,24-,29-,30+,31+/m0/s1. The van der Waals surface area contributed by atoms with Gasteiger partial charge in [-0.25, -0.2) is 4.79 Å². The number of ketones is 2. The molecule has 0 aromatic heterocycles. The number of carbonyl (C=O) groups is 5. The summed E-state index contributed by atoms with van der Waals surface area (Å²) in [7, 11) is 0. The van der Waals surface area contributed by atoms with Crippen molar-refractivity contribution >= 4 is 29.5 Å². The minimum atomic E-state index is -2.30. The number of ether oxygens (including phenoxy) is 3. The van der Waals surface area contributed by atoms with Gasteiger partial charge in [0.2, 0.25) is 11.6 Å². The van der Waals surface area contributed by atoms with Crippen molar-refractivity contribution in [1.82, 2.24) is 0 Å². The van der Waals surface area contributed by atoms with Gasteiger partial charge in [-0.15, -0.1) is 6.58 Å². The first-order valence-electron chi connectivity index (χ1n) is 13.3. The number of Topliss-reactive ketones (excluding diaryl/α,β-unsaturated/α-hetero) is 2. The molecule has 40 heavy (non-hydrogen) atoms. The smallest absolute Gasteiger partial charge is 0.338 e. The highest BCUT2D eigenvalue weighted by molar-refractivity contribution is 6.01. The lowest BCUT2D eigenvalue weighted by Crippen LogP contribution is -2.70. The van der Waals surface area contributed by atoms with Gasteiger partial charge in [-0.3, -0.25) is 19.2 Å². The first-order chi connectivity index (χ1) is 18.5. The van der Waals surface area contributed by atoms with E-state index in [4.69, 9.17) is 14.2 Å². The number of hydrogen-bond donors (Lipinski definition) is 1. The second kappa shape index (κ2) is 9.80. The van der Waals surface area contributed by atoms with Crippen LogP contribution in [0.5, 0.6) is 0 Å². The zero-order valence-corrected chi connectivity index (χ0v) is 23.7. The molecule has 1 aromatic carbocycles. The average molecular weight is 553 g/mol. The van der Waals surface area contributed by atoms with E-state index in [9.17, 15) is 29.1 Å². The number of benzene rings is 1. The third kappa shape index (κ3) is 4.60. The van der Waals surface area contributed by atoms with Gasteiger partial charge in [0.05, 0.1) is 11.5 Å². The summed E-state index contributed by atoms with van der Waals surface area (Å²) < 4.78 is 17.0. The van der Waals surface area contributed by atoms with Crippen molar-refractivity contribution in [3.8, 4) is 0 Å². The maximum Gasteiger partial charge on any atom is 0.338 e. The fourth-order valence-electron chi connectivity index (χ4n) is 7.21. The Kier molecular flexibility index (Phi) is 7.20. The van der Waals surface area contributed by atoms with Gasteiger partial charge in [0, 0.05) is 48.9 Å². The molecule has 0 spiro atoms. The van der Waals surface area contributed by atoms with Gasteiger partial charge < -0.3 is 19.3 Å². The van der Waals surface area contributed by atoms with E-state index >= 15 is 0 Å². The van der Waals surface area contributed by atoms with Crippen molar-refractivity contribution in [2.45, 2.75) is 66.3 Å². The molecule has 2 fully saturated rings. The molecule has 0 aliphatic heterocycles. The SMILES string of the molecule is C=C[C@@]1(C)C[C@H](OC(=O)c2ccccc2)[C@@H]2[C@@H](C1=O)[C@](O)(OC(C)=O)C[C@@H]1C(C)(C)C(=O)C(OC(C)=O)=C[C@@]21C. The van der Waals surface area contributed by atoms with E-state index in [-0.39, 0.29) is 18.6 Å². The molecule has 4 rings (SSSR count). The fraction of sp³-hybridized carbons (Fsp3) is 0.516. The van der Waals surface area contributed by atoms with Crippen LogP contribution in [0.3, 0.4) is 0 Å². The molecule has 9 heteroatoms. The van der Waals surface area contributed by atoms with Gasteiger partial charge in [0.15, 0.2) is 11.5 Å². The van der Waals surface area contributed by atoms with Gasteiger partial charge in [-0.05, 0) is 31.1 Å². The largest absolute Gasteiger partial charge is 0.458 e. The molecule has 3 aliphatic rings. The minimum absolute atomic E-state index is 0.0403. The van der Waals surface area contributed by atoms with Crippen LogP contribution in [0.25, 0.3) is 0 Å². The highest BCUT2D eigenvalue weighted by Gasteiger charge is 2.72. The second-order valence-electron chi connectivity index (χ2n) is 12.2. The number of hydrogen-bond acceptors (Lipinski definition) is 9. The zero-order valence-electron chi connectivity index (χ0n) is 23.7. The molecular formula is C31H36O9. The monoisotopic (exact) mass is 552 g/mol. The Hall–Kier alpha value is -3.59. The van der Waals surface area contributed by atoms with Crippen LogP contribution in [0.1, 0.15) is 64.7 Å². The van der Waals surface area contributed by atoms with Crippen LogP contribution >= 0.6 is 0 Å². The van der Waals surface area contributed by atoms with E-state index in [0.717, 1.165) is 6.92 Å². The molecule has 0 radical (unpaired) electrons. The number of rotatable bonds is 5.